The van der Waals surface area contributed by atoms with Crippen LogP contribution < -0.4 is 10.6 Å². The first kappa shape index (κ1) is 40.1. The third kappa shape index (κ3) is 10.6. The summed E-state index contributed by atoms with van der Waals surface area (Å²) in [5, 5.41) is 24.5. The number of amides is 2. The zero-order chi connectivity index (χ0) is 39.2. The van der Waals surface area contributed by atoms with Gasteiger partial charge in [0.05, 0.1) is 31.1 Å². The first-order valence-corrected chi connectivity index (χ1v) is 19.1. The Bertz CT molecular complexity index is 1760. The van der Waals surface area contributed by atoms with Gasteiger partial charge in [-0.05, 0) is 100 Å². The van der Waals surface area contributed by atoms with E-state index in [0.29, 0.717) is 27.8 Å². The van der Waals surface area contributed by atoms with Crippen LogP contribution in [0.1, 0.15) is 97.6 Å². The van der Waals surface area contributed by atoms with Crippen LogP contribution >= 0.6 is 0 Å². The molecule has 1 heterocycles. The lowest BCUT2D eigenvalue weighted by molar-refractivity contribution is -0.209. The largest absolute Gasteiger partial charge is 0.499 e. The van der Waals surface area contributed by atoms with Crippen LogP contribution in [0.4, 0.5) is 0 Å². The third-order valence-corrected chi connectivity index (χ3v) is 9.96. The van der Waals surface area contributed by atoms with E-state index in [-0.39, 0.29) is 63.4 Å². The van der Waals surface area contributed by atoms with Gasteiger partial charge < -0.3 is 44.5 Å². The van der Waals surface area contributed by atoms with Crippen molar-refractivity contribution in [3.05, 3.63) is 88.7 Å². The molecule has 1 aliphatic heterocycles. The summed E-state index contributed by atoms with van der Waals surface area (Å²) in [6, 6.07) is 13.0. The predicted octanol–water partition coefficient (Wildman–Crippen LogP) is 4.35. The van der Waals surface area contributed by atoms with Crippen molar-refractivity contribution in [2.24, 2.45) is 11.8 Å². The van der Waals surface area contributed by atoms with Crippen molar-refractivity contribution in [2.75, 3.05) is 19.8 Å². The summed E-state index contributed by atoms with van der Waals surface area (Å²) >= 11 is 0. The standard InChI is InChI=1S/C42H52N2O11/c1-41(2,3)54-36(47)15-14-33(25-46)44-39(49)28-8-5-7-27(21-28)24-43-38(48)30-22-34(37-35(23-30)53-42(55-37,31-10-11-31)32-12-13-32)52-40(50)29-9-4-6-26(20-29)16-18-51-19-17-45/h4-9,16,18,20-21,23,31-35,37,45-46H,10-15,17,19,22,24-25H2,1-3H3,(H,43,48)(H,44,49). The van der Waals surface area contributed by atoms with Gasteiger partial charge >= 0.3 is 11.9 Å². The van der Waals surface area contributed by atoms with Crippen molar-refractivity contribution < 1.29 is 53.1 Å². The highest BCUT2D eigenvalue weighted by molar-refractivity contribution is 5.95. The van der Waals surface area contributed by atoms with E-state index in [1.54, 1.807) is 75.4 Å². The molecule has 296 valence electrons. The lowest BCUT2D eigenvalue weighted by Crippen LogP contribution is -2.44. The molecule has 0 spiro atoms. The van der Waals surface area contributed by atoms with E-state index < -0.39 is 53.6 Å². The van der Waals surface area contributed by atoms with Crippen LogP contribution in [0, 0.1) is 11.8 Å². The minimum Gasteiger partial charge on any atom is -0.499 e. The fourth-order valence-electron chi connectivity index (χ4n) is 7.07. The van der Waals surface area contributed by atoms with Gasteiger partial charge in [0.25, 0.3) is 5.91 Å². The maximum absolute atomic E-state index is 13.7. The van der Waals surface area contributed by atoms with Gasteiger partial charge in [-0.2, -0.15) is 0 Å². The average molecular weight is 761 g/mol. The number of carbonyl (C=O) groups is 4. The molecule has 3 aliphatic carbocycles. The Hall–Kier alpha value is -4.56. The van der Waals surface area contributed by atoms with Crippen LogP contribution in [-0.4, -0.2) is 89.5 Å². The van der Waals surface area contributed by atoms with Gasteiger partial charge in [-0.3, -0.25) is 14.4 Å². The molecule has 2 saturated carbocycles. The zero-order valence-electron chi connectivity index (χ0n) is 31.7. The summed E-state index contributed by atoms with van der Waals surface area (Å²) < 4.78 is 30.1. The smallest absolute Gasteiger partial charge is 0.338 e. The number of ether oxygens (including phenoxy) is 5. The van der Waals surface area contributed by atoms with E-state index in [1.165, 1.54) is 6.26 Å². The number of carbonyl (C=O) groups excluding carboxylic acids is 4. The Balaban J connectivity index is 1.10. The fraction of sp³-hybridized carbons (Fsp3) is 0.524. The highest BCUT2D eigenvalue weighted by Crippen LogP contribution is 2.59. The second-order valence-electron chi connectivity index (χ2n) is 15.7. The van der Waals surface area contributed by atoms with Gasteiger partial charge in [-0.25, -0.2) is 4.79 Å². The summed E-state index contributed by atoms with van der Waals surface area (Å²) in [6.45, 7) is 5.14. The molecule has 55 heavy (non-hydrogen) atoms. The molecule has 4 N–H and O–H groups in total. The lowest BCUT2D eigenvalue weighted by Gasteiger charge is -2.31. The van der Waals surface area contributed by atoms with Gasteiger partial charge in [-0.1, -0.05) is 24.3 Å². The number of benzene rings is 2. The molecule has 0 bridgehead atoms. The SMILES string of the molecule is CC(C)(C)OC(=O)CCC(CO)NC(=O)c1cccc(CNC(=O)C2=CC3OC(C4CC4)(C4CC4)OC3C(OC(=O)c3cccc(C=COCCO)c3)C2)c1. The molecule has 13 nitrogen and oxygen atoms in total. The number of hydrogen-bond acceptors (Lipinski definition) is 11. The van der Waals surface area contributed by atoms with Crippen LogP contribution in [0.3, 0.4) is 0 Å². The van der Waals surface area contributed by atoms with E-state index in [9.17, 15) is 24.3 Å². The molecule has 2 aromatic carbocycles. The van der Waals surface area contributed by atoms with Crippen molar-refractivity contribution >= 4 is 29.8 Å². The van der Waals surface area contributed by atoms with Crippen LogP contribution in [0.15, 0.2) is 66.4 Å². The Morgan fingerprint density at radius 2 is 1.69 bits per heavy atom. The zero-order valence-corrected chi connectivity index (χ0v) is 31.7. The molecule has 0 radical (unpaired) electrons. The highest BCUT2D eigenvalue weighted by Gasteiger charge is 2.64. The van der Waals surface area contributed by atoms with Crippen LogP contribution in [0.5, 0.6) is 0 Å². The summed E-state index contributed by atoms with van der Waals surface area (Å²) in [7, 11) is 0. The lowest BCUT2D eigenvalue weighted by atomic mass is 9.91. The maximum atomic E-state index is 13.7. The molecule has 0 aromatic heterocycles. The fourth-order valence-corrected chi connectivity index (χ4v) is 7.07. The molecular weight excluding hydrogens is 708 g/mol. The molecule has 1 saturated heterocycles. The Morgan fingerprint density at radius 3 is 2.38 bits per heavy atom. The number of rotatable bonds is 17. The topological polar surface area (TPSA) is 179 Å². The Labute approximate surface area is 321 Å². The minimum absolute atomic E-state index is 0.0407. The maximum Gasteiger partial charge on any atom is 0.338 e. The number of nitrogens with one attached hydrogen (secondary N) is 2. The molecular formula is C42H52N2O11. The van der Waals surface area contributed by atoms with Gasteiger partial charge in [0.15, 0.2) is 5.79 Å². The van der Waals surface area contributed by atoms with Crippen molar-refractivity contribution in [1.29, 1.82) is 0 Å². The summed E-state index contributed by atoms with van der Waals surface area (Å²) in [6.07, 6.45) is 7.40. The van der Waals surface area contributed by atoms with Gasteiger partial charge in [0.1, 0.15) is 30.5 Å². The second-order valence-corrected chi connectivity index (χ2v) is 15.7. The average Bonchev–Trinajstić information content (AvgIpc) is 4.11. The van der Waals surface area contributed by atoms with E-state index in [4.69, 9.17) is 28.8 Å². The van der Waals surface area contributed by atoms with Crippen LogP contribution in [-0.2, 0) is 39.8 Å². The van der Waals surface area contributed by atoms with Crippen LogP contribution in [0.2, 0.25) is 0 Å². The Kier molecular flexibility index (Phi) is 12.8. The number of hydrogen-bond donors (Lipinski definition) is 4. The van der Waals surface area contributed by atoms with Crippen molar-refractivity contribution in [3.8, 4) is 0 Å². The summed E-state index contributed by atoms with van der Waals surface area (Å²) in [4.78, 5) is 52.5. The second kappa shape index (κ2) is 17.5. The molecule has 6 rings (SSSR count). The molecule has 4 unspecified atom stereocenters. The molecule has 3 fully saturated rings. The predicted molar refractivity (Wildman–Crippen MR) is 200 cm³/mol. The Morgan fingerprint density at radius 1 is 0.964 bits per heavy atom. The van der Waals surface area contributed by atoms with Crippen molar-refractivity contribution in [3.63, 3.8) is 0 Å². The van der Waals surface area contributed by atoms with E-state index >= 15 is 0 Å². The molecule has 4 aliphatic rings. The number of aliphatic hydroxyl groups excluding tert-OH is 2. The van der Waals surface area contributed by atoms with Crippen molar-refractivity contribution in [2.45, 2.75) is 108 Å². The minimum atomic E-state index is -0.781. The van der Waals surface area contributed by atoms with Crippen molar-refractivity contribution in [1.82, 2.24) is 10.6 Å². The number of aliphatic hydroxyl groups is 2. The van der Waals surface area contributed by atoms with Gasteiger partial charge in [0, 0.05) is 42.4 Å². The molecule has 4 atom stereocenters. The summed E-state index contributed by atoms with van der Waals surface area (Å²) in [5.41, 5.74) is 1.82. The number of fused-ring (bicyclic) bond motifs is 1. The van der Waals surface area contributed by atoms with Crippen LogP contribution in [0.25, 0.3) is 6.08 Å². The van der Waals surface area contributed by atoms with E-state index in [0.717, 1.165) is 25.7 Å². The van der Waals surface area contributed by atoms with Gasteiger partial charge in [0.2, 0.25) is 5.91 Å². The molecule has 2 amide bonds. The van der Waals surface area contributed by atoms with Gasteiger partial charge in [-0.15, -0.1) is 0 Å². The van der Waals surface area contributed by atoms with E-state index in [1.807, 2.05) is 6.07 Å². The highest BCUT2D eigenvalue weighted by atomic mass is 16.8. The monoisotopic (exact) mass is 760 g/mol. The quantitative estimate of drug-likeness (QED) is 0.102. The van der Waals surface area contributed by atoms with E-state index in [2.05, 4.69) is 10.6 Å². The first-order chi connectivity index (χ1) is 26.4. The summed E-state index contributed by atoms with van der Waals surface area (Å²) in [5.74, 6) is -1.95. The molecule has 2 aromatic rings. The first-order valence-electron chi connectivity index (χ1n) is 19.1. The molecule has 13 heteroatoms. The third-order valence-electron chi connectivity index (χ3n) is 9.96. The number of esters is 2. The normalized spacial score (nSPS) is 22.3.